The average molecular weight is 400 g/mol. The molecule has 1 fully saturated rings. The Morgan fingerprint density at radius 2 is 1.82 bits per heavy atom. The van der Waals surface area contributed by atoms with E-state index in [0.29, 0.717) is 0 Å². The van der Waals surface area contributed by atoms with E-state index in [0.717, 1.165) is 42.8 Å². The first kappa shape index (κ1) is 21.0. The molecule has 3 rings (SSSR count). The lowest BCUT2D eigenvalue weighted by atomic mass is 9.88. The van der Waals surface area contributed by atoms with Crippen LogP contribution in [-0.4, -0.2) is 5.91 Å². The van der Waals surface area contributed by atoms with Crippen molar-refractivity contribution in [2.24, 2.45) is 5.92 Å². The number of rotatable bonds is 6. The summed E-state index contributed by atoms with van der Waals surface area (Å²) in [5, 5.41) is 1.12. The van der Waals surface area contributed by atoms with Gasteiger partial charge in [-0.15, -0.1) is 3.96 Å². The maximum atomic E-state index is 13.7. The molecule has 0 aliphatic heterocycles. The minimum absolute atomic E-state index is 0.0140. The molecule has 3 nitrogen and oxygen atoms in total. The molecule has 0 saturated heterocycles. The van der Waals surface area contributed by atoms with Gasteiger partial charge >= 0.3 is 0 Å². The Morgan fingerprint density at radius 1 is 1.14 bits per heavy atom. The monoisotopic (exact) mass is 399 g/mol. The van der Waals surface area contributed by atoms with Crippen LogP contribution < -0.4 is 8.86 Å². The summed E-state index contributed by atoms with van der Waals surface area (Å²) in [4.78, 5) is 15.7. The van der Waals surface area contributed by atoms with Gasteiger partial charge in [0.2, 0.25) is 5.91 Å². The average Bonchev–Trinajstić information content (AvgIpc) is 3.12. The summed E-state index contributed by atoms with van der Waals surface area (Å²) in [5.74, 6) is 0.435. The van der Waals surface area contributed by atoms with Crippen LogP contribution in [0.1, 0.15) is 78.2 Å². The summed E-state index contributed by atoms with van der Waals surface area (Å²) in [5.41, 5.74) is 2.31. The fourth-order valence-corrected chi connectivity index (χ4v) is 5.07. The first-order chi connectivity index (χ1) is 13.4. The Bertz CT molecular complexity index is 770. The van der Waals surface area contributed by atoms with Gasteiger partial charge in [-0.25, -0.2) is 0 Å². The fourth-order valence-electron chi connectivity index (χ4n) is 3.88. The number of hydrogen-bond donors (Lipinski definition) is 0. The minimum Gasteiger partial charge on any atom is -0.274 e. The normalized spacial score (nSPS) is 15.6. The highest BCUT2D eigenvalue weighted by atomic mass is 32.1. The van der Waals surface area contributed by atoms with E-state index in [4.69, 9.17) is 0 Å². The van der Waals surface area contributed by atoms with Crippen LogP contribution in [0.5, 0.6) is 0 Å². The van der Waals surface area contributed by atoms with Crippen molar-refractivity contribution in [3.63, 3.8) is 0 Å². The maximum absolute atomic E-state index is 13.7. The molecule has 1 amide bonds. The number of benzene rings is 1. The zero-order valence-corrected chi connectivity index (χ0v) is 18.7. The van der Waals surface area contributed by atoms with E-state index in [-0.39, 0.29) is 17.4 Å². The topological polar surface area (TPSA) is 24.2 Å². The quantitative estimate of drug-likeness (QED) is 0.517. The van der Waals surface area contributed by atoms with Gasteiger partial charge in [-0.3, -0.25) is 9.69 Å². The molecule has 2 aromatic rings. The Morgan fingerprint density at radius 3 is 2.43 bits per heavy atom. The van der Waals surface area contributed by atoms with Gasteiger partial charge in [-0.2, -0.15) is 0 Å². The second-order valence-electron chi connectivity index (χ2n) is 9.00. The van der Waals surface area contributed by atoms with E-state index >= 15 is 0 Å². The van der Waals surface area contributed by atoms with Crippen molar-refractivity contribution in [3.8, 4) is 0 Å². The molecule has 1 aromatic heterocycles. The third kappa shape index (κ3) is 4.83. The van der Waals surface area contributed by atoms with Crippen molar-refractivity contribution < 1.29 is 8.75 Å². The molecule has 28 heavy (non-hydrogen) atoms. The van der Waals surface area contributed by atoms with E-state index < -0.39 is 0 Å². The Balaban J connectivity index is 2.06. The van der Waals surface area contributed by atoms with Gasteiger partial charge in [0.1, 0.15) is 0 Å². The van der Waals surface area contributed by atoms with Gasteiger partial charge in [0.25, 0.3) is 0 Å². The van der Waals surface area contributed by atoms with Crippen LogP contribution in [0.25, 0.3) is 0 Å². The molecule has 4 heteroatoms. The number of para-hydroxylation sites is 1. The van der Waals surface area contributed by atoms with E-state index in [1.54, 1.807) is 11.5 Å². The largest absolute Gasteiger partial charge is 0.274 e. The third-order valence-corrected chi connectivity index (χ3v) is 7.05. The van der Waals surface area contributed by atoms with Gasteiger partial charge in [-0.05, 0) is 37.8 Å². The van der Waals surface area contributed by atoms with Crippen molar-refractivity contribution in [1.82, 2.24) is 0 Å². The second-order valence-corrected chi connectivity index (χ2v) is 9.96. The standard InChI is InChI=1S/C24H35N2OS/c1-5-6-13-20-18-25(24(2,3)4)28-23(20)26(21-16-11-8-12-17-21)22(27)19-14-9-7-10-15-19/h8,11-12,16-19H,5-7,9-10,13-15H2,1-4H3/q+1. The molecule has 0 N–H and O–H groups in total. The lowest BCUT2D eigenvalue weighted by molar-refractivity contribution is -0.692. The molecule has 0 spiro atoms. The van der Waals surface area contributed by atoms with Gasteiger partial charge in [0.05, 0.1) is 5.56 Å². The predicted molar refractivity (Wildman–Crippen MR) is 118 cm³/mol. The molecule has 0 unspecified atom stereocenters. The summed E-state index contributed by atoms with van der Waals surface area (Å²) in [6.07, 6.45) is 11.3. The van der Waals surface area contributed by atoms with Crippen molar-refractivity contribution in [3.05, 3.63) is 42.1 Å². The molecule has 0 bridgehead atoms. The number of nitrogens with zero attached hydrogens (tertiary/aromatic N) is 2. The van der Waals surface area contributed by atoms with E-state index in [9.17, 15) is 4.79 Å². The van der Waals surface area contributed by atoms with Gasteiger partial charge in [0.15, 0.2) is 28.3 Å². The number of aryl methyl sites for hydroxylation is 1. The van der Waals surface area contributed by atoms with Crippen LogP contribution in [0, 0.1) is 5.92 Å². The van der Waals surface area contributed by atoms with Crippen molar-refractivity contribution in [2.75, 3.05) is 4.90 Å². The SMILES string of the molecule is CCCCc1c[n+](C(C)(C)C)sc1N(C(=O)C1CCCCC1)c1ccccc1. The first-order valence-electron chi connectivity index (χ1n) is 10.9. The summed E-state index contributed by atoms with van der Waals surface area (Å²) in [6, 6.07) is 10.2. The highest BCUT2D eigenvalue weighted by Gasteiger charge is 2.35. The Kier molecular flexibility index (Phi) is 6.92. The Labute approximate surface area is 174 Å². The maximum Gasteiger partial charge on any atom is 0.235 e. The summed E-state index contributed by atoms with van der Waals surface area (Å²) in [7, 11) is 0. The molecule has 0 radical (unpaired) electrons. The zero-order valence-electron chi connectivity index (χ0n) is 17.9. The number of unbranched alkanes of at least 4 members (excludes halogenated alkanes) is 1. The zero-order chi connectivity index (χ0) is 20.1. The highest BCUT2D eigenvalue weighted by Crippen LogP contribution is 2.37. The number of hydrogen-bond acceptors (Lipinski definition) is 2. The second kappa shape index (κ2) is 9.21. The van der Waals surface area contributed by atoms with Crippen molar-refractivity contribution >= 4 is 28.1 Å². The van der Waals surface area contributed by atoms with Crippen LogP contribution in [0.15, 0.2) is 36.5 Å². The fraction of sp³-hybridized carbons (Fsp3) is 0.583. The van der Waals surface area contributed by atoms with Gasteiger partial charge in [0, 0.05) is 32.4 Å². The third-order valence-electron chi connectivity index (χ3n) is 5.59. The van der Waals surface area contributed by atoms with Crippen molar-refractivity contribution in [1.29, 1.82) is 0 Å². The van der Waals surface area contributed by atoms with E-state index in [2.05, 4.69) is 50.0 Å². The highest BCUT2D eigenvalue weighted by molar-refractivity contribution is 7.07. The smallest absolute Gasteiger partial charge is 0.235 e. The van der Waals surface area contributed by atoms with Gasteiger partial charge < -0.3 is 0 Å². The summed E-state index contributed by atoms with van der Waals surface area (Å²) >= 11 is 1.73. The summed E-state index contributed by atoms with van der Waals surface area (Å²) < 4.78 is 2.32. The molecule has 0 atom stereocenters. The molecule has 1 aromatic carbocycles. The minimum atomic E-state index is 0.0140. The summed E-state index contributed by atoms with van der Waals surface area (Å²) in [6.45, 7) is 8.91. The van der Waals surface area contributed by atoms with Crippen LogP contribution in [0.2, 0.25) is 0 Å². The molecule has 1 aliphatic rings. The number of amides is 1. The lowest BCUT2D eigenvalue weighted by Gasteiger charge is -2.28. The van der Waals surface area contributed by atoms with E-state index in [1.165, 1.54) is 24.8 Å². The number of aromatic nitrogens is 1. The molecule has 1 aliphatic carbocycles. The number of carbonyl (C=O) groups is 1. The first-order valence-corrected chi connectivity index (χ1v) is 11.6. The van der Waals surface area contributed by atoms with E-state index in [1.807, 2.05) is 23.1 Å². The van der Waals surface area contributed by atoms with Gasteiger partial charge in [-0.1, -0.05) is 50.8 Å². The number of anilines is 2. The van der Waals surface area contributed by atoms with Crippen LogP contribution >= 0.6 is 11.5 Å². The van der Waals surface area contributed by atoms with Crippen LogP contribution in [0.3, 0.4) is 0 Å². The van der Waals surface area contributed by atoms with Crippen LogP contribution in [-0.2, 0) is 16.8 Å². The molecular weight excluding hydrogens is 364 g/mol. The molecule has 1 saturated carbocycles. The molecule has 1 heterocycles. The molecular formula is C24H35N2OS+. The van der Waals surface area contributed by atoms with Crippen molar-refractivity contribution in [2.45, 2.75) is 84.6 Å². The Hall–Kier alpha value is -1.68. The molecule has 152 valence electrons. The van der Waals surface area contributed by atoms with Crippen LogP contribution in [0.4, 0.5) is 10.7 Å². The number of carbonyl (C=O) groups excluding carboxylic acids is 1. The lowest BCUT2D eigenvalue weighted by Crippen LogP contribution is -2.46. The predicted octanol–water partition coefficient (Wildman–Crippen LogP) is 6.38.